The Labute approximate surface area is 160 Å². The average molecular weight is 394 g/mol. The summed E-state index contributed by atoms with van der Waals surface area (Å²) in [5.41, 5.74) is 7.64. The summed E-state index contributed by atoms with van der Waals surface area (Å²) in [4.78, 5) is 2.28. The monoisotopic (exact) mass is 393 g/mol. The summed E-state index contributed by atoms with van der Waals surface area (Å²) in [6, 6.07) is 12.3. The van der Waals surface area contributed by atoms with Gasteiger partial charge in [0.25, 0.3) is 0 Å². The highest BCUT2D eigenvalue weighted by Crippen LogP contribution is 2.36. The fraction of sp³-hybridized carbons (Fsp3) is 0.474. The number of nitrogens with one attached hydrogen (secondary N) is 3. The van der Waals surface area contributed by atoms with E-state index in [-0.39, 0.29) is 12.0 Å². The molecule has 0 aliphatic carbocycles. The summed E-state index contributed by atoms with van der Waals surface area (Å²) < 4.78 is 28.4. The van der Waals surface area contributed by atoms with Crippen LogP contribution < -0.4 is 15.6 Å². The van der Waals surface area contributed by atoms with E-state index in [4.69, 9.17) is 0 Å². The van der Waals surface area contributed by atoms with E-state index < -0.39 is 10.0 Å². The van der Waals surface area contributed by atoms with Crippen LogP contribution in [0, 0.1) is 12.8 Å². The Balaban J connectivity index is 1.73. The number of rotatable bonds is 6. The molecule has 1 aliphatic rings. The number of thiophene rings is 1. The van der Waals surface area contributed by atoms with Crippen LogP contribution in [0.3, 0.4) is 0 Å². The summed E-state index contributed by atoms with van der Waals surface area (Å²) in [6.45, 7) is 8.59. The van der Waals surface area contributed by atoms with Crippen molar-refractivity contribution in [3.63, 3.8) is 0 Å². The van der Waals surface area contributed by atoms with Gasteiger partial charge in [-0.1, -0.05) is 44.2 Å². The lowest BCUT2D eigenvalue weighted by atomic mass is 9.97. The molecule has 26 heavy (non-hydrogen) atoms. The van der Waals surface area contributed by atoms with Crippen molar-refractivity contribution in [2.24, 2.45) is 5.92 Å². The molecule has 0 radical (unpaired) electrons. The van der Waals surface area contributed by atoms with Gasteiger partial charge in [0.2, 0.25) is 10.0 Å². The van der Waals surface area contributed by atoms with Crippen molar-refractivity contribution < 1.29 is 8.42 Å². The van der Waals surface area contributed by atoms with Crippen molar-refractivity contribution in [1.82, 2.24) is 15.6 Å². The molecule has 0 spiro atoms. The first-order valence-electron chi connectivity index (χ1n) is 8.95. The minimum atomic E-state index is -3.52. The molecule has 0 saturated carbocycles. The summed E-state index contributed by atoms with van der Waals surface area (Å²) in [5, 5.41) is 0. The molecule has 0 bridgehead atoms. The van der Waals surface area contributed by atoms with Gasteiger partial charge in [-0.2, -0.15) is 0 Å². The molecule has 1 saturated heterocycles. The third kappa shape index (κ3) is 4.02. The summed E-state index contributed by atoms with van der Waals surface area (Å²) in [5.74, 6) is 0.514. The van der Waals surface area contributed by atoms with E-state index in [1.807, 2.05) is 50.2 Å². The molecule has 142 valence electrons. The van der Waals surface area contributed by atoms with E-state index in [2.05, 4.69) is 29.4 Å². The topological polar surface area (TPSA) is 70.2 Å². The van der Waals surface area contributed by atoms with Crippen LogP contribution in [0.5, 0.6) is 0 Å². The molecule has 2 aromatic rings. The number of aryl methyl sites for hydroxylation is 1. The van der Waals surface area contributed by atoms with Crippen LogP contribution in [-0.4, -0.2) is 21.0 Å². The third-order valence-corrected chi connectivity index (χ3v) is 8.03. The minimum absolute atomic E-state index is 0.117. The quantitative estimate of drug-likeness (QED) is 0.704. The predicted molar refractivity (Wildman–Crippen MR) is 107 cm³/mol. The zero-order valence-electron chi connectivity index (χ0n) is 15.6. The van der Waals surface area contributed by atoms with E-state index >= 15 is 0 Å². The Bertz CT molecular complexity index is 849. The highest BCUT2D eigenvalue weighted by molar-refractivity contribution is 7.89. The summed E-state index contributed by atoms with van der Waals surface area (Å²) >= 11 is 1.55. The second-order valence-electron chi connectivity index (χ2n) is 7.15. The Kier molecular flexibility index (Phi) is 5.84. The third-order valence-electron chi connectivity index (χ3n) is 5.22. The molecule has 3 N–H and O–H groups in total. The van der Waals surface area contributed by atoms with Gasteiger partial charge >= 0.3 is 0 Å². The van der Waals surface area contributed by atoms with Crippen molar-refractivity contribution in [2.75, 3.05) is 6.54 Å². The predicted octanol–water partition coefficient (Wildman–Crippen LogP) is 3.31. The van der Waals surface area contributed by atoms with Gasteiger partial charge < -0.3 is 0 Å². The molecule has 7 heteroatoms. The van der Waals surface area contributed by atoms with E-state index in [1.54, 1.807) is 11.3 Å². The van der Waals surface area contributed by atoms with Crippen LogP contribution in [0.2, 0.25) is 0 Å². The zero-order valence-corrected chi connectivity index (χ0v) is 17.2. The molecule has 4 unspecified atom stereocenters. The SMILES string of the molecule is Cc1sc(C2NNC(C)C2C)cc1S(=O)(=O)NCC(C)c1ccccc1. The molecule has 5 nitrogen and oxygen atoms in total. The van der Waals surface area contributed by atoms with Crippen molar-refractivity contribution >= 4 is 21.4 Å². The first-order chi connectivity index (χ1) is 12.3. The largest absolute Gasteiger partial charge is 0.254 e. The maximum absolute atomic E-state index is 12.8. The van der Waals surface area contributed by atoms with Gasteiger partial charge in [0, 0.05) is 22.3 Å². The van der Waals surface area contributed by atoms with Crippen molar-refractivity contribution in [2.45, 2.75) is 50.6 Å². The normalized spacial score (nSPS) is 24.7. The molecule has 1 fully saturated rings. The van der Waals surface area contributed by atoms with Gasteiger partial charge in [-0.25, -0.2) is 18.6 Å². The van der Waals surface area contributed by atoms with Crippen LogP contribution >= 0.6 is 11.3 Å². The van der Waals surface area contributed by atoms with Gasteiger partial charge in [-0.3, -0.25) is 5.43 Å². The van der Waals surface area contributed by atoms with E-state index in [1.165, 1.54) is 0 Å². The number of sulfonamides is 1. The highest BCUT2D eigenvalue weighted by atomic mass is 32.2. The van der Waals surface area contributed by atoms with Crippen LogP contribution in [0.25, 0.3) is 0 Å². The molecule has 1 aromatic carbocycles. The molecular weight excluding hydrogens is 366 g/mol. The molecule has 1 aliphatic heterocycles. The summed E-state index contributed by atoms with van der Waals surface area (Å²) in [7, 11) is -3.52. The maximum Gasteiger partial charge on any atom is 0.241 e. The molecule has 3 rings (SSSR count). The molecule has 2 heterocycles. The van der Waals surface area contributed by atoms with E-state index in [0.717, 1.165) is 15.3 Å². The molecule has 4 atom stereocenters. The standard InChI is InChI=1S/C19H27N3O2S2/c1-12(16-8-6-5-7-9-16)11-20-26(23,24)18-10-17(25-15(18)4)19-13(2)14(3)21-22-19/h5-10,12-14,19-22H,11H2,1-4H3. The lowest BCUT2D eigenvalue weighted by molar-refractivity contribution is 0.480. The number of hydrazine groups is 1. The number of hydrogen-bond acceptors (Lipinski definition) is 5. The second-order valence-corrected chi connectivity index (χ2v) is 10.2. The van der Waals surface area contributed by atoms with E-state index in [0.29, 0.717) is 23.4 Å². The fourth-order valence-corrected chi connectivity index (χ4v) is 6.13. The lowest BCUT2D eigenvalue weighted by Gasteiger charge is -2.14. The number of benzene rings is 1. The van der Waals surface area contributed by atoms with Gasteiger partial charge in [0.05, 0.1) is 10.9 Å². The van der Waals surface area contributed by atoms with Gasteiger partial charge in [-0.15, -0.1) is 11.3 Å². The minimum Gasteiger partial charge on any atom is -0.254 e. The van der Waals surface area contributed by atoms with Gasteiger partial charge in [0.15, 0.2) is 0 Å². The van der Waals surface area contributed by atoms with Crippen LogP contribution in [0.1, 0.15) is 48.0 Å². The van der Waals surface area contributed by atoms with Crippen molar-refractivity contribution in [3.8, 4) is 0 Å². The smallest absolute Gasteiger partial charge is 0.241 e. The molecule has 1 aromatic heterocycles. The zero-order chi connectivity index (χ0) is 18.9. The first kappa shape index (κ1) is 19.5. The Morgan fingerprint density at radius 2 is 1.88 bits per heavy atom. The van der Waals surface area contributed by atoms with Crippen LogP contribution in [-0.2, 0) is 10.0 Å². The van der Waals surface area contributed by atoms with Gasteiger partial charge in [0.1, 0.15) is 0 Å². The second kappa shape index (κ2) is 7.78. The lowest BCUT2D eigenvalue weighted by Crippen LogP contribution is -2.29. The molecule has 0 amide bonds. The Hall–Kier alpha value is -1.25. The van der Waals surface area contributed by atoms with E-state index in [9.17, 15) is 8.42 Å². The molecular formula is C19H27N3O2S2. The average Bonchev–Trinajstić information content (AvgIpc) is 3.17. The van der Waals surface area contributed by atoms with Gasteiger partial charge in [-0.05, 0) is 37.3 Å². The van der Waals surface area contributed by atoms with Crippen molar-refractivity contribution in [3.05, 3.63) is 51.7 Å². The fourth-order valence-electron chi connectivity index (χ4n) is 3.22. The first-order valence-corrected chi connectivity index (χ1v) is 11.3. The maximum atomic E-state index is 12.8. The Morgan fingerprint density at radius 1 is 1.19 bits per heavy atom. The van der Waals surface area contributed by atoms with Crippen LogP contribution in [0.15, 0.2) is 41.3 Å². The highest BCUT2D eigenvalue weighted by Gasteiger charge is 2.33. The number of hydrogen-bond donors (Lipinski definition) is 3. The van der Waals surface area contributed by atoms with Crippen molar-refractivity contribution in [1.29, 1.82) is 0 Å². The Morgan fingerprint density at radius 3 is 2.50 bits per heavy atom. The summed E-state index contributed by atoms with van der Waals surface area (Å²) in [6.07, 6.45) is 0. The van der Waals surface area contributed by atoms with Crippen LogP contribution in [0.4, 0.5) is 0 Å².